The molecule has 0 atom stereocenters. The Labute approximate surface area is 219 Å². The second-order valence-corrected chi connectivity index (χ2v) is 9.56. The maximum absolute atomic E-state index is 14.7. The average Bonchev–Trinajstić information content (AvgIpc) is 2.91. The molecule has 0 unspecified atom stereocenters. The highest BCUT2D eigenvalue weighted by Crippen LogP contribution is 2.46. The number of ether oxygens (including phenoxy) is 1. The second kappa shape index (κ2) is 18.9. The molecule has 1 nitrogen and oxygen atoms in total. The summed E-state index contributed by atoms with van der Waals surface area (Å²) in [5, 5.41) is 0. The van der Waals surface area contributed by atoms with E-state index >= 15 is 0 Å². The van der Waals surface area contributed by atoms with Gasteiger partial charge in [0.05, 0.1) is 5.92 Å². The molecule has 0 aliphatic heterocycles. The number of alkyl halides is 2. The van der Waals surface area contributed by atoms with E-state index in [-0.39, 0.29) is 5.56 Å². The summed E-state index contributed by atoms with van der Waals surface area (Å²) >= 11 is 0. The zero-order valence-corrected chi connectivity index (χ0v) is 24.4. The highest BCUT2D eigenvalue weighted by Gasteiger charge is 2.45. The highest BCUT2D eigenvalue weighted by atomic mass is 19.3. The summed E-state index contributed by atoms with van der Waals surface area (Å²) in [5.74, 6) is -1.01. The number of benzene rings is 1. The van der Waals surface area contributed by atoms with Gasteiger partial charge in [0, 0.05) is 17.7 Å². The highest BCUT2D eigenvalue weighted by molar-refractivity contribution is 5.30. The zero-order valence-electron chi connectivity index (χ0n) is 24.4. The second-order valence-electron chi connectivity index (χ2n) is 9.56. The first-order valence-corrected chi connectivity index (χ1v) is 14.8. The summed E-state index contributed by atoms with van der Waals surface area (Å²) in [6, 6.07) is 1.69. The normalized spacial score (nSPS) is 23.7. The van der Waals surface area contributed by atoms with Crippen LogP contribution in [0.3, 0.4) is 0 Å². The van der Waals surface area contributed by atoms with Crippen LogP contribution in [0.15, 0.2) is 12.1 Å². The van der Waals surface area contributed by atoms with E-state index in [9.17, 15) is 17.6 Å². The van der Waals surface area contributed by atoms with E-state index in [1.807, 2.05) is 41.5 Å². The molecule has 0 radical (unpaired) electrons. The minimum absolute atomic E-state index is 0.189. The van der Waals surface area contributed by atoms with Crippen molar-refractivity contribution in [3.63, 3.8) is 0 Å². The maximum Gasteiger partial charge on any atom is 0.400 e. The van der Waals surface area contributed by atoms with E-state index in [2.05, 4.69) is 6.92 Å². The lowest BCUT2D eigenvalue weighted by Crippen LogP contribution is -2.38. The number of halogens is 4. The predicted octanol–water partition coefficient (Wildman–Crippen LogP) is 11.5. The van der Waals surface area contributed by atoms with Crippen molar-refractivity contribution >= 4 is 0 Å². The molecule has 0 amide bonds. The molecule has 2 saturated carbocycles. The average molecular weight is 519 g/mol. The van der Waals surface area contributed by atoms with Crippen molar-refractivity contribution in [3.8, 4) is 5.75 Å². The third-order valence-corrected chi connectivity index (χ3v) is 7.53. The van der Waals surface area contributed by atoms with Crippen LogP contribution < -0.4 is 4.74 Å². The lowest BCUT2D eigenvalue weighted by molar-refractivity contribution is -0.224. The molecule has 2 aliphatic rings. The van der Waals surface area contributed by atoms with Crippen molar-refractivity contribution < 1.29 is 22.3 Å². The first-order valence-electron chi connectivity index (χ1n) is 14.8. The molecule has 5 heteroatoms. The summed E-state index contributed by atoms with van der Waals surface area (Å²) in [5.41, 5.74) is -0.189. The smallest absolute Gasteiger partial charge is 0.400 e. The van der Waals surface area contributed by atoms with Gasteiger partial charge in [-0.2, -0.15) is 8.78 Å². The Kier molecular flexibility index (Phi) is 18.2. The molecule has 0 aromatic heterocycles. The van der Waals surface area contributed by atoms with Gasteiger partial charge in [-0.25, -0.2) is 8.78 Å². The monoisotopic (exact) mass is 518 g/mol. The molecule has 212 valence electrons. The molecule has 3 rings (SSSR count). The van der Waals surface area contributed by atoms with Crippen LogP contribution in [0.5, 0.6) is 5.75 Å². The van der Waals surface area contributed by atoms with E-state index in [1.54, 1.807) is 0 Å². The Balaban J connectivity index is 0.00000190. The molecule has 36 heavy (non-hydrogen) atoms. The molecular formula is C31H54F4O. The van der Waals surface area contributed by atoms with Crippen LogP contribution in [0.1, 0.15) is 131 Å². The molecule has 0 saturated heterocycles. The SMILES string of the molecule is CC.CC.CC.CCCCCC1CCC(C2CCC(C(F)(F)Oc3cc(F)c(C)c(F)c3)CC2)CC1. The molecule has 1 aromatic carbocycles. The minimum Gasteiger partial charge on any atom is -0.432 e. The van der Waals surface area contributed by atoms with Crippen molar-refractivity contribution in [1.29, 1.82) is 0 Å². The summed E-state index contributed by atoms with van der Waals surface area (Å²) in [4.78, 5) is 0. The molecule has 0 N–H and O–H groups in total. The fourth-order valence-electron chi connectivity index (χ4n) is 5.48. The van der Waals surface area contributed by atoms with Crippen LogP contribution in [0.4, 0.5) is 17.6 Å². The summed E-state index contributed by atoms with van der Waals surface area (Å²) < 4.78 is 61.4. The number of hydrogen-bond donors (Lipinski definition) is 0. The van der Waals surface area contributed by atoms with Crippen LogP contribution in [-0.2, 0) is 0 Å². The van der Waals surface area contributed by atoms with Crippen LogP contribution >= 0.6 is 0 Å². The number of hydrogen-bond acceptors (Lipinski definition) is 1. The summed E-state index contributed by atoms with van der Waals surface area (Å²) in [6.07, 6.45) is 9.32. The standard InChI is InChI=1S/C25H36F4O.3C2H6/c1-3-4-5-6-18-7-9-19(10-8-18)20-11-13-21(14-12-20)25(28,29)30-22-15-23(26)17(2)24(27)16-22;3*1-2/h15-16,18-21H,3-14H2,1-2H3;3*1-2H3. The van der Waals surface area contributed by atoms with Gasteiger partial charge in [0.15, 0.2) is 0 Å². The molecule has 0 bridgehead atoms. The lowest BCUT2D eigenvalue weighted by atomic mass is 9.68. The van der Waals surface area contributed by atoms with Crippen molar-refractivity contribution in [1.82, 2.24) is 0 Å². The van der Waals surface area contributed by atoms with Crippen molar-refractivity contribution in [2.24, 2.45) is 23.7 Å². The van der Waals surface area contributed by atoms with E-state index in [0.29, 0.717) is 24.7 Å². The van der Waals surface area contributed by atoms with Gasteiger partial charge in [0.1, 0.15) is 17.4 Å². The van der Waals surface area contributed by atoms with Crippen molar-refractivity contribution in [2.45, 2.75) is 139 Å². The predicted molar refractivity (Wildman–Crippen MR) is 146 cm³/mol. The number of rotatable bonds is 8. The summed E-state index contributed by atoms with van der Waals surface area (Å²) in [7, 11) is 0. The molecule has 2 fully saturated rings. The third kappa shape index (κ3) is 11.0. The Morgan fingerprint density at radius 1 is 0.750 bits per heavy atom. The van der Waals surface area contributed by atoms with Crippen molar-refractivity contribution in [2.75, 3.05) is 0 Å². The number of unbranched alkanes of at least 4 members (excludes halogenated alkanes) is 2. The fraction of sp³-hybridized carbons (Fsp3) is 0.806. The zero-order chi connectivity index (χ0) is 27.7. The van der Waals surface area contributed by atoms with Crippen LogP contribution in [0, 0.1) is 42.2 Å². The Hall–Kier alpha value is -1.26. The Morgan fingerprint density at radius 3 is 1.64 bits per heavy atom. The third-order valence-electron chi connectivity index (χ3n) is 7.53. The van der Waals surface area contributed by atoms with E-state index in [1.165, 1.54) is 58.3 Å². The largest absolute Gasteiger partial charge is 0.432 e. The van der Waals surface area contributed by atoms with Gasteiger partial charge in [-0.05, 0) is 63.2 Å². The Bertz CT molecular complexity index is 652. The van der Waals surface area contributed by atoms with Crippen LogP contribution in [0.2, 0.25) is 0 Å². The molecule has 0 heterocycles. The summed E-state index contributed by atoms with van der Waals surface area (Å²) in [6.45, 7) is 15.5. The fourth-order valence-corrected chi connectivity index (χ4v) is 5.48. The van der Waals surface area contributed by atoms with Crippen molar-refractivity contribution in [3.05, 3.63) is 29.3 Å². The van der Waals surface area contributed by atoms with Gasteiger partial charge in [-0.3, -0.25) is 0 Å². The van der Waals surface area contributed by atoms with E-state index < -0.39 is 29.4 Å². The van der Waals surface area contributed by atoms with Crippen LogP contribution in [-0.4, -0.2) is 6.11 Å². The topological polar surface area (TPSA) is 9.23 Å². The van der Waals surface area contributed by atoms with Gasteiger partial charge in [0.25, 0.3) is 0 Å². The van der Waals surface area contributed by atoms with E-state index in [4.69, 9.17) is 4.74 Å². The molecule has 0 spiro atoms. The van der Waals surface area contributed by atoms with E-state index in [0.717, 1.165) is 30.9 Å². The lowest BCUT2D eigenvalue weighted by Gasteiger charge is -2.39. The molecular weight excluding hydrogens is 464 g/mol. The first kappa shape index (κ1) is 34.7. The van der Waals surface area contributed by atoms with Crippen LogP contribution in [0.25, 0.3) is 0 Å². The first-order chi connectivity index (χ1) is 17.3. The van der Waals surface area contributed by atoms with Gasteiger partial charge in [0.2, 0.25) is 0 Å². The molecule has 2 aliphatic carbocycles. The molecule has 1 aromatic rings. The quantitative estimate of drug-likeness (QED) is 0.246. The van der Waals surface area contributed by atoms with Gasteiger partial charge < -0.3 is 4.74 Å². The van der Waals surface area contributed by atoms with Gasteiger partial charge in [-0.1, -0.05) is 87.0 Å². The van der Waals surface area contributed by atoms with Gasteiger partial charge in [-0.15, -0.1) is 0 Å². The minimum atomic E-state index is -3.41. The Morgan fingerprint density at radius 2 is 1.19 bits per heavy atom. The maximum atomic E-state index is 14.7. The van der Waals surface area contributed by atoms with Gasteiger partial charge >= 0.3 is 6.11 Å².